The number of halogens is 1. The number of anilines is 1. The lowest BCUT2D eigenvalue weighted by molar-refractivity contribution is 0.0784. The minimum atomic E-state index is -0.188. The van der Waals surface area contributed by atoms with Crippen LogP contribution >= 0.6 is 11.6 Å². The number of aryl methyl sites for hydroxylation is 1. The lowest BCUT2D eigenvalue weighted by Crippen LogP contribution is -2.35. The van der Waals surface area contributed by atoms with Gasteiger partial charge in [0.25, 0.3) is 11.8 Å². The van der Waals surface area contributed by atoms with Gasteiger partial charge in [-0.15, -0.1) is 0 Å². The summed E-state index contributed by atoms with van der Waals surface area (Å²) in [5.41, 5.74) is 4.59. The van der Waals surface area contributed by atoms with Gasteiger partial charge in [-0.25, -0.2) is 0 Å². The molecule has 1 atom stereocenters. The van der Waals surface area contributed by atoms with Crippen molar-refractivity contribution in [2.24, 2.45) is 5.92 Å². The molecule has 5 rings (SSSR count). The average Bonchev–Trinajstić information content (AvgIpc) is 3.34. The lowest BCUT2D eigenvalue weighted by atomic mass is 9.93. The third-order valence-electron chi connectivity index (χ3n) is 7.76. The molecule has 2 aliphatic rings. The summed E-state index contributed by atoms with van der Waals surface area (Å²) in [4.78, 5) is 34.4. The van der Waals surface area contributed by atoms with E-state index in [2.05, 4.69) is 27.3 Å². The van der Waals surface area contributed by atoms with Crippen LogP contribution < -0.4 is 10.2 Å². The zero-order valence-electron chi connectivity index (χ0n) is 21.2. The molecule has 1 aromatic heterocycles. The van der Waals surface area contributed by atoms with E-state index in [4.69, 9.17) is 11.6 Å². The normalized spacial score (nSPS) is 17.4. The molecule has 0 saturated carbocycles. The summed E-state index contributed by atoms with van der Waals surface area (Å²) in [6.45, 7) is 2.82. The number of pyridine rings is 1. The van der Waals surface area contributed by atoms with Crippen molar-refractivity contribution in [3.05, 3.63) is 94.3 Å². The Kier molecular flexibility index (Phi) is 7.75. The molecule has 3 aromatic rings. The fraction of sp³-hybridized carbons (Fsp3) is 0.367. The number of nitrogens with zero attached hydrogens (tertiary/aromatic N) is 3. The molecule has 1 aliphatic heterocycles. The fourth-order valence-corrected chi connectivity index (χ4v) is 5.72. The summed E-state index contributed by atoms with van der Waals surface area (Å²) < 4.78 is 0. The van der Waals surface area contributed by atoms with Crippen LogP contribution in [0.25, 0.3) is 0 Å². The number of hydrogen-bond donors (Lipinski definition) is 1. The second kappa shape index (κ2) is 11.3. The number of piperidine rings is 1. The molecule has 0 bridgehead atoms. The molecule has 1 saturated heterocycles. The SMILES string of the molecule is CN(CCC1CCN(c2ccncc2)CC1)C(=O)c1ccc2c(c1)[C@H](NC(=O)c1ccccc1Cl)CC2. The number of carbonyl (C=O) groups is 2. The van der Waals surface area contributed by atoms with Crippen LogP contribution in [-0.4, -0.2) is 48.4 Å². The first-order chi connectivity index (χ1) is 18.0. The second-order valence-corrected chi connectivity index (χ2v) is 10.5. The van der Waals surface area contributed by atoms with E-state index in [-0.39, 0.29) is 17.9 Å². The quantitative estimate of drug-likeness (QED) is 0.448. The first kappa shape index (κ1) is 25.3. The highest BCUT2D eigenvalue weighted by Crippen LogP contribution is 2.33. The summed E-state index contributed by atoms with van der Waals surface area (Å²) in [5, 5.41) is 3.55. The number of carbonyl (C=O) groups excluding carboxylic acids is 2. The molecule has 37 heavy (non-hydrogen) atoms. The van der Waals surface area contributed by atoms with Crippen molar-refractivity contribution in [1.82, 2.24) is 15.2 Å². The number of aromatic nitrogens is 1. The molecule has 0 unspecified atom stereocenters. The van der Waals surface area contributed by atoms with Gasteiger partial charge in [-0.1, -0.05) is 29.8 Å². The van der Waals surface area contributed by atoms with E-state index < -0.39 is 0 Å². The third-order valence-corrected chi connectivity index (χ3v) is 8.09. The summed E-state index contributed by atoms with van der Waals surface area (Å²) in [6.07, 6.45) is 8.66. The Balaban J connectivity index is 1.16. The van der Waals surface area contributed by atoms with Gasteiger partial charge < -0.3 is 15.1 Å². The van der Waals surface area contributed by atoms with Gasteiger partial charge >= 0.3 is 0 Å². The fourth-order valence-electron chi connectivity index (χ4n) is 5.50. The van der Waals surface area contributed by atoms with Crippen LogP contribution in [0.5, 0.6) is 0 Å². The molecule has 192 valence electrons. The van der Waals surface area contributed by atoms with E-state index in [1.807, 2.05) is 48.6 Å². The van der Waals surface area contributed by atoms with Crippen molar-refractivity contribution in [3.63, 3.8) is 0 Å². The van der Waals surface area contributed by atoms with Crippen molar-refractivity contribution in [2.75, 3.05) is 31.6 Å². The van der Waals surface area contributed by atoms with Gasteiger partial charge in [-0.3, -0.25) is 14.6 Å². The van der Waals surface area contributed by atoms with Gasteiger partial charge in [0.2, 0.25) is 0 Å². The van der Waals surface area contributed by atoms with Crippen molar-refractivity contribution < 1.29 is 9.59 Å². The molecule has 1 fully saturated rings. The Hall–Kier alpha value is -3.38. The van der Waals surface area contributed by atoms with E-state index in [1.165, 1.54) is 11.3 Å². The van der Waals surface area contributed by atoms with Gasteiger partial charge in [-0.2, -0.15) is 0 Å². The van der Waals surface area contributed by atoms with Crippen molar-refractivity contribution in [2.45, 2.75) is 38.1 Å². The van der Waals surface area contributed by atoms with E-state index in [1.54, 1.807) is 18.2 Å². The zero-order chi connectivity index (χ0) is 25.8. The van der Waals surface area contributed by atoms with E-state index in [0.29, 0.717) is 22.1 Å². The standard InChI is InChI=1S/C30H33ClN4O2/c1-34(17-12-21-13-18-35(19-14-21)24-10-15-32-16-11-24)30(37)23-7-6-22-8-9-28(26(22)20-23)33-29(36)25-4-2-3-5-27(25)31/h2-7,10-11,15-16,20-21,28H,8-9,12-14,17-19H2,1H3,(H,33,36)/t28-/m1/s1. The number of hydrogen-bond acceptors (Lipinski definition) is 4. The van der Waals surface area contributed by atoms with Crippen molar-refractivity contribution in [1.29, 1.82) is 0 Å². The van der Waals surface area contributed by atoms with Crippen LogP contribution in [0.4, 0.5) is 5.69 Å². The topological polar surface area (TPSA) is 65.5 Å². The Morgan fingerprint density at radius 3 is 2.57 bits per heavy atom. The van der Waals surface area contributed by atoms with E-state index >= 15 is 0 Å². The Morgan fingerprint density at radius 2 is 1.81 bits per heavy atom. The highest BCUT2D eigenvalue weighted by molar-refractivity contribution is 6.33. The van der Waals surface area contributed by atoms with E-state index in [9.17, 15) is 9.59 Å². The number of nitrogens with one attached hydrogen (secondary N) is 1. The molecule has 2 heterocycles. The summed E-state index contributed by atoms with van der Waals surface area (Å²) in [7, 11) is 1.89. The molecule has 0 spiro atoms. The molecule has 7 heteroatoms. The Bertz CT molecular complexity index is 1260. The highest BCUT2D eigenvalue weighted by atomic mass is 35.5. The number of benzene rings is 2. The lowest BCUT2D eigenvalue weighted by Gasteiger charge is -2.34. The molecule has 2 aromatic carbocycles. The van der Waals surface area contributed by atoms with Crippen molar-refractivity contribution >= 4 is 29.1 Å². The zero-order valence-corrected chi connectivity index (χ0v) is 22.0. The number of rotatable bonds is 7. The van der Waals surface area contributed by atoms with Crippen LogP contribution in [0.3, 0.4) is 0 Å². The van der Waals surface area contributed by atoms with Gasteiger partial charge in [0.05, 0.1) is 16.6 Å². The average molecular weight is 517 g/mol. The van der Waals surface area contributed by atoms with Crippen LogP contribution in [-0.2, 0) is 6.42 Å². The molecule has 2 amide bonds. The van der Waals surface area contributed by atoms with Crippen LogP contribution in [0.15, 0.2) is 67.0 Å². The minimum absolute atomic E-state index is 0.0279. The monoisotopic (exact) mass is 516 g/mol. The largest absolute Gasteiger partial charge is 0.371 e. The van der Waals surface area contributed by atoms with Crippen LogP contribution in [0, 0.1) is 5.92 Å². The van der Waals surface area contributed by atoms with E-state index in [0.717, 1.165) is 57.3 Å². The molecule has 1 N–H and O–H groups in total. The number of amides is 2. The minimum Gasteiger partial charge on any atom is -0.371 e. The summed E-state index contributed by atoms with van der Waals surface area (Å²) in [6, 6.07) is 17.0. The maximum absolute atomic E-state index is 13.3. The second-order valence-electron chi connectivity index (χ2n) is 10.1. The highest BCUT2D eigenvalue weighted by Gasteiger charge is 2.27. The molecular weight excluding hydrogens is 484 g/mol. The summed E-state index contributed by atoms with van der Waals surface area (Å²) in [5.74, 6) is 0.463. The smallest absolute Gasteiger partial charge is 0.253 e. The molecule has 1 aliphatic carbocycles. The first-order valence-corrected chi connectivity index (χ1v) is 13.5. The van der Waals surface area contributed by atoms with Gasteiger partial charge in [0, 0.05) is 50.3 Å². The maximum Gasteiger partial charge on any atom is 0.253 e. The predicted octanol–water partition coefficient (Wildman–Crippen LogP) is 5.53. The maximum atomic E-state index is 13.3. The third kappa shape index (κ3) is 5.80. The number of fused-ring (bicyclic) bond motifs is 1. The summed E-state index contributed by atoms with van der Waals surface area (Å²) >= 11 is 6.21. The Labute approximate surface area is 223 Å². The van der Waals surface area contributed by atoms with Gasteiger partial charge in [-0.05, 0) is 85.5 Å². The van der Waals surface area contributed by atoms with Crippen molar-refractivity contribution in [3.8, 4) is 0 Å². The predicted molar refractivity (Wildman–Crippen MR) is 147 cm³/mol. The van der Waals surface area contributed by atoms with Gasteiger partial charge in [0.1, 0.15) is 0 Å². The first-order valence-electron chi connectivity index (χ1n) is 13.1. The Morgan fingerprint density at radius 1 is 1.05 bits per heavy atom. The van der Waals surface area contributed by atoms with Gasteiger partial charge in [0.15, 0.2) is 0 Å². The molecular formula is C30H33ClN4O2. The van der Waals surface area contributed by atoms with Crippen LogP contribution in [0.2, 0.25) is 5.02 Å². The molecule has 6 nitrogen and oxygen atoms in total. The molecule has 0 radical (unpaired) electrons. The van der Waals surface area contributed by atoms with Crippen LogP contribution in [0.1, 0.15) is 63.6 Å².